The van der Waals surface area contributed by atoms with Crippen LogP contribution in [-0.2, 0) is 78.5 Å². The Bertz CT molecular complexity index is 6.85. The molecule has 0 radical (unpaired) electrons. The Balaban J connectivity index is -0.0000000133. The predicted octanol–water partition coefficient (Wildman–Crippen LogP) is -0.0125. The van der Waals surface area contributed by atoms with Gasteiger partial charge in [-0.05, 0) is 0 Å². The van der Waals surface area contributed by atoms with Crippen molar-refractivity contribution < 1.29 is 78.5 Å². The molecule has 0 saturated carbocycles. The molecule has 0 amide bonds. The summed E-state index contributed by atoms with van der Waals surface area (Å²) >= 11 is 10.0. The van der Waals surface area contributed by atoms with Crippen molar-refractivity contribution in [3.8, 4) is 0 Å². The van der Waals surface area contributed by atoms with E-state index in [2.05, 4.69) is 42.5 Å². The summed E-state index contributed by atoms with van der Waals surface area (Å²) in [6.45, 7) is 0. The first kappa shape index (κ1) is 15.7. The molecule has 34 valence electrons. The Kier molecular flexibility index (Phi) is 89.8. The summed E-state index contributed by atoms with van der Waals surface area (Å²) in [5, 5.41) is 0. The van der Waals surface area contributed by atoms with E-state index >= 15 is 0 Å². The molecule has 0 aromatic rings. The summed E-state index contributed by atoms with van der Waals surface area (Å²) in [7, 11) is 0. The average Bonchev–Trinajstić information content (AvgIpc) is 1.50. The van der Waals surface area contributed by atoms with Gasteiger partial charge in [0.2, 0.25) is 0 Å². The van der Waals surface area contributed by atoms with Crippen LogP contribution < -0.4 is 0 Å². The molecule has 5 heteroatoms. The minimum atomic E-state index is 0. The maximum absolute atomic E-state index is 3.30. The van der Waals surface area contributed by atoms with E-state index in [0.717, 1.165) is 0 Å². The molecule has 5 heavy (non-hydrogen) atoms. The predicted molar refractivity (Wildman–Crippen MR) is 0 cm³/mol. The van der Waals surface area contributed by atoms with Crippen LogP contribution >= 0.6 is 0 Å². The fourth-order valence-corrected chi connectivity index (χ4v) is 0. The van der Waals surface area contributed by atoms with Gasteiger partial charge in [0.15, 0.2) is 0 Å². The van der Waals surface area contributed by atoms with Crippen LogP contribution in [0.5, 0.6) is 0 Å². The Morgan fingerprint density at radius 1 is 1.20 bits per heavy atom. The monoisotopic (exact) mass is 312 g/mol. The van der Waals surface area contributed by atoms with E-state index in [4.69, 9.17) is 0 Å². The zero-order valence-corrected chi connectivity index (χ0v) is 8.86. The standard InChI is InChI=1S/3Fe.Nb.V. The van der Waals surface area contributed by atoms with Crippen molar-refractivity contribution in [1.29, 1.82) is 0 Å². The average molecular weight is 311 g/mol. The molecule has 0 nitrogen and oxygen atoms in total. The van der Waals surface area contributed by atoms with Gasteiger partial charge in [0.25, 0.3) is 0 Å². The molecular formula is Fe3NbV. The number of hydrogen-bond acceptors (Lipinski definition) is 0. The second-order valence-electron chi connectivity index (χ2n) is 0. The topological polar surface area (TPSA) is 0 Å². The first-order chi connectivity index (χ1) is 2.00. The molecule has 0 aromatic heterocycles. The van der Waals surface area contributed by atoms with Crippen LogP contribution in [0, 0.1) is 0 Å². The molecule has 0 saturated heterocycles. The van der Waals surface area contributed by atoms with Crippen molar-refractivity contribution in [3.63, 3.8) is 0 Å². The van der Waals surface area contributed by atoms with Crippen molar-refractivity contribution in [2.45, 2.75) is 0 Å². The van der Waals surface area contributed by atoms with Gasteiger partial charge >= 0.3 is 61.4 Å². The minimum absolute atomic E-state index is 0. The molecule has 0 N–H and O–H groups in total. The SMILES string of the molecule is [Fe].[Fe][Nb].[V][Fe]. The molecule has 0 aliphatic rings. The molecule has 0 heterocycles. The van der Waals surface area contributed by atoms with Crippen LogP contribution in [-0.4, -0.2) is 0 Å². The van der Waals surface area contributed by atoms with Gasteiger partial charge in [-0.3, -0.25) is 0 Å². The van der Waals surface area contributed by atoms with Gasteiger partial charge in [-0.15, -0.1) is 0 Å². The van der Waals surface area contributed by atoms with E-state index in [0.29, 0.717) is 0 Å². The van der Waals surface area contributed by atoms with Crippen LogP contribution in [0.3, 0.4) is 0 Å². The van der Waals surface area contributed by atoms with E-state index in [1.165, 1.54) is 18.9 Å². The molecule has 0 rings (SSSR count). The van der Waals surface area contributed by atoms with Crippen molar-refractivity contribution in [2.75, 3.05) is 0 Å². The maximum atomic E-state index is 3.30. The second kappa shape index (κ2) is 28.7. The molecule has 0 atom stereocenters. The Hall–Kier alpha value is 2.88. The summed E-state index contributed by atoms with van der Waals surface area (Å²) in [4.78, 5) is 0. The molecule has 0 aliphatic heterocycles. The quantitative estimate of drug-likeness (QED) is 0.552. The third-order valence-corrected chi connectivity index (χ3v) is 0. The fraction of sp³-hybridized carbons (Fsp3) is 0. The summed E-state index contributed by atoms with van der Waals surface area (Å²) in [6, 6.07) is 0. The molecule has 0 aliphatic carbocycles. The Labute approximate surface area is 77.1 Å². The molecule has 0 aromatic carbocycles. The first-order valence-corrected chi connectivity index (χ1v) is 6.54. The van der Waals surface area contributed by atoms with E-state index in [-0.39, 0.29) is 17.1 Å². The van der Waals surface area contributed by atoms with E-state index in [9.17, 15) is 0 Å². The number of hydrogen-bond donors (Lipinski definition) is 0. The fourth-order valence-electron chi connectivity index (χ4n) is 0. The third-order valence-electron chi connectivity index (χ3n) is 0. The van der Waals surface area contributed by atoms with Gasteiger partial charge < -0.3 is 0 Å². The van der Waals surface area contributed by atoms with Crippen LogP contribution in [0.1, 0.15) is 0 Å². The van der Waals surface area contributed by atoms with Gasteiger partial charge in [-0.25, -0.2) is 0 Å². The van der Waals surface area contributed by atoms with Gasteiger partial charge in [0.05, 0.1) is 0 Å². The molecule has 0 unspecified atom stereocenters. The van der Waals surface area contributed by atoms with Crippen LogP contribution in [0.25, 0.3) is 0 Å². The van der Waals surface area contributed by atoms with E-state index < -0.39 is 0 Å². The van der Waals surface area contributed by atoms with E-state index in [1.807, 2.05) is 0 Å². The second-order valence-corrected chi connectivity index (χ2v) is 0. The molecule has 0 bridgehead atoms. The van der Waals surface area contributed by atoms with E-state index in [1.54, 1.807) is 0 Å². The first-order valence-electron chi connectivity index (χ1n) is 0.316. The van der Waals surface area contributed by atoms with Gasteiger partial charge in [0, 0.05) is 17.1 Å². The normalized spacial score (nSPS) is 2.00. The van der Waals surface area contributed by atoms with Gasteiger partial charge in [0.1, 0.15) is 0 Å². The summed E-state index contributed by atoms with van der Waals surface area (Å²) in [5.74, 6) is 0. The van der Waals surface area contributed by atoms with Crippen molar-refractivity contribution >= 4 is 0 Å². The van der Waals surface area contributed by atoms with Crippen LogP contribution in [0.15, 0.2) is 0 Å². The molecular weight excluding hydrogens is 311 g/mol. The number of rotatable bonds is 0. The molecule has 0 fully saturated rings. The third kappa shape index (κ3) is 19.7. The van der Waals surface area contributed by atoms with Crippen molar-refractivity contribution in [2.24, 2.45) is 0 Å². The summed E-state index contributed by atoms with van der Waals surface area (Å²) in [5.41, 5.74) is 0. The van der Waals surface area contributed by atoms with Crippen molar-refractivity contribution in [1.82, 2.24) is 0 Å². The van der Waals surface area contributed by atoms with Gasteiger partial charge in [-0.2, -0.15) is 0 Å². The zero-order valence-electron chi connectivity index (χ0n) is 1.96. The summed E-state index contributed by atoms with van der Waals surface area (Å²) in [6.07, 6.45) is 0. The van der Waals surface area contributed by atoms with Crippen molar-refractivity contribution in [3.05, 3.63) is 0 Å². The van der Waals surface area contributed by atoms with Crippen LogP contribution in [0.2, 0.25) is 0 Å². The molecule has 0 spiro atoms. The van der Waals surface area contributed by atoms with Gasteiger partial charge in [-0.1, -0.05) is 0 Å². The van der Waals surface area contributed by atoms with Crippen LogP contribution in [0.4, 0.5) is 0 Å². The Morgan fingerprint density at radius 3 is 1.20 bits per heavy atom. The zero-order chi connectivity index (χ0) is 4.00. The summed E-state index contributed by atoms with van der Waals surface area (Å²) < 4.78 is 0. The Morgan fingerprint density at radius 2 is 1.20 bits per heavy atom.